The lowest BCUT2D eigenvalue weighted by atomic mass is 9.82. The Balaban J connectivity index is 0.000000561. The Morgan fingerprint density at radius 3 is 2.25 bits per heavy atom. The molecule has 0 atom stereocenters. The molecule has 0 aromatic carbocycles. The van der Waals surface area contributed by atoms with Crippen LogP contribution >= 0.6 is 0 Å². The number of halogens is 1. The van der Waals surface area contributed by atoms with E-state index in [0.717, 1.165) is 12.3 Å². The maximum absolute atomic E-state index is 12.2. The molecule has 12 heavy (non-hydrogen) atoms. The molecule has 1 aromatic heterocycles. The van der Waals surface area contributed by atoms with Crippen molar-refractivity contribution in [1.82, 2.24) is 4.98 Å². The molecule has 1 heterocycles. The molecule has 0 spiro atoms. The van der Waals surface area contributed by atoms with Crippen LogP contribution in [0.15, 0.2) is 18.5 Å². The van der Waals surface area contributed by atoms with Gasteiger partial charge in [0.25, 0.3) is 0 Å². The molecule has 0 bridgehead atoms. The van der Waals surface area contributed by atoms with E-state index < -0.39 is 12.9 Å². The highest BCUT2D eigenvalue weighted by molar-refractivity contribution is 6.58. The molecule has 3 nitrogen and oxygen atoms in total. The zero-order valence-corrected chi connectivity index (χ0v) is 7.03. The van der Waals surface area contributed by atoms with Crippen molar-refractivity contribution in [1.29, 1.82) is 0 Å². The van der Waals surface area contributed by atoms with Crippen LogP contribution in [0.3, 0.4) is 0 Å². The van der Waals surface area contributed by atoms with Gasteiger partial charge in [-0.15, -0.1) is 0 Å². The Morgan fingerprint density at radius 2 is 1.92 bits per heavy atom. The quantitative estimate of drug-likeness (QED) is 0.581. The highest BCUT2D eigenvalue weighted by Gasteiger charge is 2.10. The Morgan fingerprint density at radius 1 is 1.33 bits per heavy atom. The highest BCUT2D eigenvalue weighted by Crippen LogP contribution is 1.88. The van der Waals surface area contributed by atoms with E-state index in [-0.39, 0.29) is 5.46 Å². The van der Waals surface area contributed by atoms with Crippen LogP contribution in [0.4, 0.5) is 4.39 Å². The van der Waals surface area contributed by atoms with Crippen molar-refractivity contribution in [3.63, 3.8) is 0 Å². The molecule has 2 N–H and O–H groups in total. The average molecular weight is 171 g/mol. The molecule has 0 aliphatic heterocycles. The minimum absolute atomic E-state index is 0.0556. The number of nitrogens with zero attached hydrogens (tertiary/aromatic N) is 1. The van der Waals surface area contributed by atoms with Crippen molar-refractivity contribution in [2.45, 2.75) is 13.8 Å². The molecule has 66 valence electrons. The SMILES string of the molecule is CC.OB(O)c1cncc(F)c1. The van der Waals surface area contributed by atoms with E-state index in [2.05, 4.69) is 4.98 Å². The smallest absolute Gasteiger partial charge is 0.423 e. The van der Waals surface area contributed by atoms with Crippen LogP contribution in [0.2, 0.25) is 0 Å². The second kappa shape index (κ2) is 5.68. The van der Waals surface area contributed by atoms with Crippen LogP contribution in [0.1, 0.15) is 13.8 Å². The van der Waals surface area contributed by atoms with Crippen LogP contribution in [-0.2, 0) is 0 Å². The van der Waals surface area contributed by atoms with Gasteiger partial charge in [-0.2, -0.15) is 0 Å². The maximum Gasteiger partial charge on any atom is 0.490 e. The summed E-state index contributed by atoms with van der Waals surface area (Å²) in [6, 6.07) is 1.01. The van der Waals surface area contributed by atoms with E-state index in [1.165, 1.54) is 6.20 Å². The zero-order valence-electron chi connectivity index (χ0n) is 7.03. The molecule has 0 unspecified atom stereocenters. The number of pyridine rings is 1. The normalized spacial score (nSPS) is 8.42. The molecule has 0 fully saturated rings. The van der Waals surface area contributed by atoms with Gasteiger partial charge >= 0.3 is 7.12 Å². The fourth-order valence-corrected chi connectivity index (χ4v) is 0.569. The van der Waals surface area contributed by atoms with Crippen LogP contribution < -0.4 is 5.46 Å². The van der Waals surface area contributed by atoms with E-state index in [9.17, 15) is 4.39 Å². The Labute approximate surface area is 71.0 Å². The van der Waals surface area contributed by atoms with Crippen molar-refractivity contribution in [2.24, 2.45) is 0 Å². The van der Waals surface area contributed by atoms with Gasteiger partial charge in [0.15, 0.2) is 0 Å². The standard InChI is InChI=1S/C5H5BFNO2.C2H6/c7-5-1-4(6(9)10)2-8-3-5;1-2/h1-3,9-10H;1-2H3. The third kappa shape index (κ3) is 3.45. The van der Waals surface area contributed by atoms with Crippen molar-refractivity contribution in [3.8, 4) is 0 Å². The molecule has 0 aliphatic carbocycles. The van der Waals surface area contributed by atoms with E-state index in [4.69, 9.17) is 10.0 Å². The van der Waals surface area contributed by atoms with Gasteiger partial charge in [0, 0.05) is 11.7 Å². The van der Waals surface area contributed by atoms with Gasteiger partial charge < -0.3 is 10.0 Å². The third-order valence-corrected chi connectivity index (χ3v) is 1.02. The number of aromatic nitrogens is 1. The molecule has 0 amide bonds. The van der Waals surface area contributed by atoms with E-state index >= 15 is 0 Å². The van der Waals surface area contributed by atoms with Gasteiger partial charge in [0.2, 0.25) is 0 Å². The average Bonchev–Trinajstić information content (AvgIpc) is 2.08. The highest BCUT2D eigenvalue weighted by atomic mass is 19.1. The van der Waals surface area contributed by atoms with E-state index in [1.807, 2.05) is 13.8 Å². The minimum atomic E-state index is -1.65. The second-order valence-corrected chi connectivity index (χ2v) is 1.81. The first-order chi connectivity index (χ1) is 5.70. The summed E-state index contributed by atoms with van der Waals surface area (Å²) >= 11 is 0. The summed E-state index contributed by atoms with van der Waals surface area (Å²) in [5.74, 6) is -0.578. The third-order valence-electron chi connectivity index (χ3n) is 1.02. The second-order valence-electron chi connectivity index (χ2n) is 1.81. The van der Waals surface area contributed by atoms with E-state index in [1.54, 1.807) is 0 Å². The molecular weight excluding hydrogens is 160 g/mol. The fourth-order valence-electron chi connectivity index (χ4n) is 0.569. The molecule has 0 saturated heterocycles. The topological polar surface area (TPSA) is 53.4 Å². The van der Waals surface area contributed by atoms with E-state index in [0.29, 0.717) is 0 Å². The van der Waals surface area contributed by atoms with Crippen LogP contribution in [0, 0.1) is 5.82 Å². The maximum atomic E-state index is 12.2. The van der Waals surface area contributed by atoms with Gasteiger partial charge in [-0.1, -0.05) is 13.8 Å². The lowest BCUT2D eigenvalue weighted by molar-refractivity contribution is 0.425. The molecule has 1 rings (SSSR count). The predicted molar refractivity (Wildman–Crippen MR) is 45.4 cm³/mol. The van der Waals surface area contributed by atoms with Crippen LogP contribution in [0.5, 0.6) is 0 Å². The van der Waals surface area contributed by atoms with Crippen molar-refractivity contribution >= 4 is 12.6 Å². The molecular formula is C7H11BFNO2. The van der Waals surface area contributed by atoms with Crippen molar-refractivity contribution in [2.75, 3.05) is 0 Å². The first kappa shape index (κ1) is 11.1. The van der Waals surface area contributed by atoms with Crippen molar-refractivity contribution in [3.05, 3.63) is 24.3 Å². The van der Waals surface area contributed by atoms with Crippen LogP contribution in [0.25, 0.3) is 0 Å². The Kier molecular flexibility index (Phi) is 5.24. The van der Waals surface area contributed by atoms with Gasteiger partial charge in [-0.25, -0.2) is 4.39 Å². The van der Waals surface area contributed by atoms with Gasteiger partial charge in [-0.3, -0.25) is 4.98 Å². The van der Waals surface area contributed by atoms with Gasteiger partial charge in [-0.05, 0) is 6.07 Å². The van der Waals surface area contributed by atoms with Gasteiger partial charge in [0.05, 0.1) is 6.20 Å². The first-order valence-electron chi connectivity index (χ1n) is 3.67. The zero-order chi connectivity index (χ0) is 9.56. The summed E-state index contributed by atoms with van der Waals surface area (Å²) in [6.07, 6.45) is 2.18. The monoisotopic (exact) mass is 171 g/mol. The fraction of sp³-hybridized carbons (Fsp3) is 0.286. The molecule has 0 aliphatic rings. The largest absolute Gasteiger partial charge is 0.490 e. The molecule has 1 aromatic rings. The lowest BCUT2D eigenvalue weighted by Gasteiger charge is -1.95. The summed E-state index contributed by atoms with van der Waals surface area (Å²) in [4.78, 5) is 3.41. The summed E-state index contributed by atoms with van der Waals surface area (Å²) in [6.45, 7) is 4.00. The van der Waals surface area contributed by atoms with Gasteiger partial charge in [0.1, 0.15) is 5.82 Å². The number of rotatable bonds is 1. The summed E-state index contributed by atoms with van der Waals surface area (Å²) in [5.41, 5.74) is 0.0556. The first-order valence-corrected chi connectivity index (χ1v) is 3.67. The molecule has 0 saturated carbocycles. The summed E-state index contributed by atoms with van der Waals surface area (Å²) in [5, 5.41) is 17.0. The number of hydrogen-bond donors (Lipinski definition) is 2. The minimum Gasteiger partial charge on any atom is -0.423 e. The lowest BCUT2D eigenvalue weighted by Crippen LogP contribution is -2.30. The Bertz CT molecular complexity index is 232. The Hall–Kier alpha value is -0.935. The number of hydrogen-bond acceptors (Lipinski definition) is 3. The van der Waals surface area contributed by atoms with Crippen molar-refractivity contribution < 1.29 is 14.4 Å². The molecule has 0 radical (unpaired) electrons. The molecule has 5 heteroatoms. The summed E-state index contributed by atoms with van der Waals surface area (Å²) in [7, 11) is -1.65. The predicted octanol–water partition coefficient (Wildman–Crippen LogP) is -0.0733. The summed E-state index contributed by atoms with van der Waals surface area (Å²) < 4.78 is 12.2. The van der Waals surface area contributed by atoms with Crippen LogP contribution in [-0.4, -0.2) is 22.2 Å².